The Hall–Kier alpha value is -0.910. The summed E-state index contributed by atoms with van der Waals surface area (Å²) in [7, 11) is 0. The lowest BCUT2D eigenvalue weighted by Crippen LogP contribution is -2.39. The highest BCUT2D eigenvalue weighted by molar-refractivity contribution is 7.98. The molecule has 0 bridgehead atoms. The van der Waals surface area contributed by atoms with Crippen molar-refractivity contribution >= 4 is 29.4 Å². The summed E-state index contributed by atoms with van der Waals surface area (Å²) in [6.45, 7) is 1.60. The van der Waals surface area contributed by atoms with E-state index in [-0.39, 0.29) is 6.03 Å². The van der Waals surface area contributed by atoms with Crippen molar-refractivity contribution < 1.29 is 4.79 Å². The Balaban J connectivity index is 2.07. The van der Waals surface area contributed by atoms with Gasteiger partial charge in [-0.1, -0.05) is 23.7 Å². The topological polar surface area (TPSA) is 67.1 Å². The van der Waals surface area contributed by atoms with Crippen LogP contribution in [0.2, 0.25) is 5.02 Å². The predicted octanol–water partition coefficient (Wildman–Crippen LogP) is 1.83. The van der Waals surface area contributed by atoms with Crippen LogP contribution in [0.25, 0.3) is 0 Å². The van der Waals surface area contributed by atoms with Crippen LogP contribution in [0.4, 0.5) is 4.79 Å². The maximum Gasteiger partial charge on any atom is 0.314 e. The number of nitrogens with two attached hydrogens (primary N) is 1. The normalized spacial score (nSPS) is 10.1. The van der Waals surface area contributed by atoms with Crippen molar-refractivity contribution in [1.82, 2.24) is 10.6 Å². The maximum absolute atomic E-state index is 11.2. The Labute approximate surface area is 117 Å². The Kier molecular flexibility index (Phi) is 7.64. The van der Waals surface area contributed by atoms with Crippen LogP contribution in [0, 0.1) is 0 Å². The summed E-state index contributed by atoms with van der Waals surface area (Å²) in [6, 6.07) is 7.63. The number of benzene rings is 1. The van der Waals surface area contributed by atoms with Crippen molar-refractivity contribution in [2.75, 3.05) is 25.4 Å². The van der Waals surface area contributed by atoms with Crippen LogP contribution < -0.4 is 16.4 Å². The van der Waals surface area contributed by atoms with Gasteiger partial charge in [0.1, 0.15) is 0 Å². The highest BCUT2D eigenvalue weighted by Gasteiger charge is 1.98. The van der Waals surface area contributed by atoms with Gasteiger partial charge >= 0.3 is 6.03 Å². The first-order chi connectivity index (χ1) is 8.72. The van der Waals surface area contributed by atoms with Gasteiger partial charge in [-0.3, -0.25) is 0 Å². The molecule has 4 N–H and O–H groups in total. The van der Waals surface area contributed by atoms with Crippen LogP contribution in [0.15, 0.2) is 24.3 Å². The van der Waals surface area contributed by atoms with Gasteiger partial charge in [0, 0.05) is 36.2 Å². The fraction of sp³-hybridized carbons (Fsp3) is 0.417. The van der Waals surface area contributed by atoms with Crippen molar-refractivity contribution in [2.45, 2.75) is 5.75 Å². The standard InChI is InChI=1S/C12H18ClN3OS/c13-11-3-1-2-10(8-11)9-18-7-6-16-12(17)15-5-4-14/h1-3,8H,4-7,9,14H2,(H2,15,16,17). The molecule has 1 aromatic carbocycles. The number of carbonyl (C=O) groups is 1. The van der Waals surface area contributed by atoms with E-state index in [0.29, 0.717) is 19.6 Å². The zero-order chi connectivity index (χ0) is 13.2. The molecule has 0 atom stereocenters. The number of urea groups is 1. The summed E-state index contributed by atoms with van der Waals surface area (Å²) in [5.41, 5.74) is 6.47. The lowest BCUT2D eigenvalue weighted by atomic mass is 10.2. The van der Waals surface area contributed by atoms with Gasteiger partial charge in [-0.2, -0.15) is 11.8 Å². The van der Waals surface area contributed by atoms with Crippen LogP contribution in [-0.2, 0) is 5.75 Å². The van der Waals surface area contributed by atoms with Crippen molar-refractivity contribution in [3.05, 3.63) is 34.9 Å². The molecule has 0 spiro atoms. The van der Waals surface area contributed by atoms with Gasteiger partial charge in [-0.05, 0) is 17.7 Å². The van der Waals surface area contributed by atoms with E-state index in [9.17, 15) is 4.79 Å². The summed E-state index contributed by atoms with van der Waals surface area (Å²) in [5.74, 6) is 1.76. The van der Waals surface area contributed by atoms with Crippen molar-refractivity contribution in [3.63, 3.8) is 0 Å². The number of thioether (sulfide) groups is 1. The zero-order valence-electron chi connectivity index (χ0n) is 10.1. The van der Waals surface area contributed by atoms with Gasteiger partial charge in [0.15, 0.2) is 0 Å². The van der Waals surface area contributed by atoms with E-state index in [1.54, 1.807) is 11.8 Å². The summed E-state index contributed by atoms with van der Waals surface area (Å²) in [4.78, 5) is 11.2. The average molecular weight is 288 g/mol. The number of amides is 2. The number of nitrogens with one attached hydrogen (secondary N) is 2. The van der Waals surface area contributed by atoms with Crippen LogP contribution in [0.5, 0.6) is 0 Å². The third-order valence-corrected chi connectivity index (χ3v) is 3.38. The van der Waals surface area contributed by atoms with Gasteiger partial charge < -0.3 is 16.4 Å². The van der Waals surface area contributed by atoms with Crippen molar-refractivity contribution in [3.8, 4) is 0 Å². The van der Waals surface area contributed by atoms with E-state index < -0.39 is 0 Å². The van der Waals surface area contributed by atoms with E-state index >= 15 is 0 Å². The highest BCUT2D eigenvalue weighted by Crippen LogP contribution is 2.15. The molecule has 1 rings (SSSR count). The van der Waals surface area contributed by atoms with Gasteiger partial charge in [0.2, 0.25) is 0 Å². The Morgan fingerprint density at radius 1 is 1.33 bits per heavy atom. The molecule has 0 saturated carbocycles. The van der Waals surface area contributed by atoms with Crippen LogP contribution in [-0.4, -0.2) is 31.4 Å². The molecule has 0 aliphatic heterocycles. The van der Waals surface area contributed by atoms with Gasteiger partial charge in [-0.15, -0.1) is 0 Å². The summed E-state index contributed by atoms with van der Waals surface area (Å²) >= 11 is 7.65. The third kappa shape index (κ3) is 6.74. The molecule has 100 valence electrons. The molecule has 18 heavy (non-hydrogen) atoms. The Morgan fingerprint density at radius 3 is 2.83 bits per heavy atom. The molecule has 0 aliphatic rings. The molecule has 0 fully saturated rings. The molecule has 0 radical (unpaired) electrons. The molecule has 0 saturated heterocycles. The lowest BCUT2D eigenvalue weighted by Gasteiger charge is -2.06. The van der Waals surface area contributed by atoms with E-state index in [4.69, 9.17) is 17.3 Å². The molecule has 0 unspecified atom stereocenters. The van der Waals surface area contributed by atoms with Gasteiger partial charge in [0.25, 0.3) is 0 Å². The van der Waals surface area contributed by atoms with E-state index in [0.717, 1.165) is 16.5 Å². The molecule has 0 aliphatic carbocycles. The Morgan fingerprint density at radius 2 is 2.11 bits per heavy atom. The first-order valence-electron chi connectivity index (χ1n) is 5.76. The SMILES string of the molecule is NCCNC(=O)NCCSCc1cccc(Cl)c1. The first-order valence-corrected chi connectivity index (χ1v) is 7.29. The molecule has 6 heteroatoms. The van der Waals surface area contributed by atoms with E-state index in [2.05, 4.69) is 10.6 Å². The number of rotatable bonds is 7. The lowest BCUT2D eigenvalue weighted by molar-refractivity contribution is 0.242. The average Bonchev–Trinajstić information content (AvgIpc) is 2.36. The molecule has 2 amide bonds. The molecule has 4 nitrogen and oxygen atoms in total. The monoisotopic (exact) mass is 287 g/mol. The van der Waals surface area contributed by atoms with Crippen LogP contribution in [0.3, 0.4) is 0 Å². The zero-order valence-corrected chi connectivity index (χ0v) is 11.7. The fourth-order valence-electron chi connectivity index (χ4n) is 1.30. The van der Waals surface area contributed by atoms with Crippen molar-refractivity contribution in [1.29, 1.82) is 0 Å². The molecule has 1 aromatic rings. The minimum atomic E-state index is -0.163. The molecular weight excluding hydrogens is 270 g/mol. The number of hydrogen-bond donors (Lipinski definition) is 3. The summed E-state index contributed by atoms with van der Waals surface area (Å²) in [5, 5.41) is 6.17. The van der Waals surface area contributed by atoms with Crippen molar-refractivity contribution in [2.24, 2.45) is 5.73 Å². The predicted molar refractivity (Wildman–Crippen MR) is 78.1 cm³/mol. The fourth-order valence-corrected chi connectivity index (χ4v) is 2.32. The summed E-state index contributed by atoms with van der Waals surface area (Å²) < 4.78 is 0. The first kappa shape index (κ1) is 15.1. The molecule has 0 aromatic heterocycles. The number of hydrogen-bond acceptors (Lipinski definition) is 3. The second kappa shape index (κ2) is 9.08. The third-order valence-electron chi connectivity index (χ3n) is 2.12. The quantitative estimate of drug-likeness (QED) is 0.670. The largest absolute Gasteiger partial charge is 0.337 e. The Bertz CT molecular complexity index is 376. The van der Waals surface area contributed by atoms with E-state index in [1.807, 2.05) is 24.3 Å². The van der Waals surface area contributed by atoms with Gasteiger partial charge in [-0.25, -0.2) is 4.79 Å². The minimum absolute atomic E-state index is 0.163. The minimum Gasteiger partial charge on any atom is -0.337 e. The van der Waals surface area contributed by atoms with Gasteiger partial charge in [0.05, 0.1) is 0 Å². The summed E-state index contributed by atoms with van der Waals surface area (Å²) in [6.07, 6.45) is 0. The smallest absolute Gasteiger partial charge is 0.314 e. The molecule has 0 heterocycles. The van der Waals surface area contributed by atoms with E-state index in [1.165, 1.54) is 5.56 Å². The molecular formula is C12H18ClN3OS. The second-order valence-electron chi connectivity index (χ2n) is 3.65. The van der Waals surface area contributed by atoms with Crippen LogP contribution >= 0.6 is 23.4 Å². The number of carbonyl (C=O) groups excluding carboxylic acids is 1. The second-order valence-corrected chi connectivity index (χ2v) is 5.20. The number of halogens is 1. The highest BCUT2D eigenvalue weighted by atomic mass is 35.5. The van der Waals surface area contributed by atoms with Crippen LogP contribution in [0.1, 0.15) is 5.56 Å². The maximum atomic E-state index is 11.2.